The van der Waals surface area contributed by atoms with Crippen LogP contribution in [-0.4, -0.2) is 23.5 Å². The predicted molar refractivity (Wildman–Crippen MR) is 95.0 cm³/mol. The van der Waals surface area contributed by atoms with E-state index >= 15 is 0 Å². The summed E-state index contributed by atoms with van der Waals surface area (Å²) in [4.78, 5) is 28.4. The molecule has 3 rings (SSSR count). The summed E-state index contributed by atoms with van der Waals surface area (Å²) in [6.07, 6.45) is 0. The van der Waals surface area contributed by atoms with Crippen molar-refractivity contribution in [2.24, 2.45) is 0 Å². The van der Waals surface area contributed by atoms with Gasteiger partial charge in [0.15, 0.2) is 5.13 Å². The third-order valence-corrected chi connectivity index (χ3v) is 4.50. The van der Waals surface area contributed by atoms with Gasteiger partial charge in [-0.15, -0.1) is 0 Å². The van der Waals surface area contributed by atoms with Crippen LogP contribution in [0.25, 0.3) is 10.2 Å². The third kappa shape index (κ3) is 3.39. The molecule has 1 amide bonds. The number of carbonyl (C=O) groups is 2. The van der Waals surface area contributed by atoms with Gasteiger partial charge in [0.1, 0.15) is 0 Å². The highest BCUT2D eigenvalue weighted by atomic mass is 35.5. The molecule has 0 unspecified atom stereocenters. The minimum Gasteiger partial charge on any atom is -0.462 e. The molecule has 0 fully saturated rings. The maximum atomic E-state index is 12.3. The number of halogens is 1. The van der Waals surface area contributed by atoms with Gasteiger partial charge < -0.3 is 4.74 Å². The number of nitrogens with one attached hydrogen (secondary N) is 1. The van der Waals surface area contributed by atoms with Gasteiger partial charge in [0.25, 0.3) is 5.91 Å². The Morgan fingerprint density at radius 3 is 2.79 bits per heavy atom. The highest BCUT2D eigenvalue weighted by Gasteiger charge is 2.14. The molecule has 0 bridgehead atoms. The zero-order valence-electron chi connectivity index (χ0n) is 12.7. The van der Waals surface area contributed by atoms with Crippen LogP contribution in [0.1, 0.15) is 27.6 Å². The monoisotopic (exact) mass is 360 g/mol. The van der Waals surface area contributed by atoms with Crippen molar-refractivity contribution >= 4 is 50.2 Å². The Hall–Kier alpha value is -2.44. The molecule has 1 aromatic heterocycles. The van der Waals surface area contributed by atoms with Gasteiger partial charge in [-0.05, 0) is 37.3 Å². The fourth-order valence-corrected chi connectivity index (χ4v) is 3.25. The maximum absolute atomic E-state index is 12.3. The number of aromatic nitrogens is 1. The normalized spacial score (nSPS) is 10.6. The Balaban J connectivity index is 1.84. The van der Waals surface area contributed by atoms with Crippen molar-refractivity contribution in [2.45, 2.75) is 6.92 Å². The zero-order chi connectivity index (χ0) is 17.1. The lowest BCUT2D eigenvalue weighted by atomic mass is 10.2. The lowest BCUT2D eigenvalue weighted by Gasteiger charge is -2.02. The van der Waals surface area contributed by atoms with Crippen LogP contribution in [-0.2, 0) is 4.74 Å². The van der Waals surface area contributed by atoms with Crippen LogP contribution in [0, 0.1) is 0 Å². The second-order valence-corrected chi connectivity index (χ2v) is 6.29. The van der Waals surface area contributed by atoms with Crippen LogP contribution in [0.15, 0.2) is 42.5 Å². The maximum Gasteiger partial charge on any atom is 0.338 e. The number of rotatable bonds is 4. The van der Waals surface area contributed by atoms with Gasteiger partial charge in [-0.3, -0.25) is 10.1 Å². The number of hydrogen-bond donors (Lipinski definition) is 1. The number of benzene rings is 2. The second-order valence-electron chi connectivity index (χ2n) is 4.86. The molecule has 1 heterocycles. The lowest BCUT2D eigenvalue weighted by Crippen LogP contribution is -2.11. The first-order chi connectivity index (χ1) is 11.6. The van der Waals surface area contributed by atoms with Crippen LogP contribution in [0.2, 0.25) is 5.02 Å². The minimum absolute atomic E-state index is 0.318. The molecule has 0 spiro atoms. The van der Waals surface area contributed by atoms with Crippen LogP contribution in [0.5, 0.6) is 0 Å². The van der Waals surface area contributed by atoms with Crippen LogP contribution < -0.4 is 5.32 Å². The Labute approximate surface area is 147 Å². The molecule has 24 heavy (non-hydrogen) atoms. The number of anilines is 1. The topological polar surface area (TPSA) is 68.3 Å². The number of esters is 1. The average molecular weight is 361 g/mol. The fourth-order valence-electron chi connectivity index (χ4n) is 2.13. The van der Waals surface area contributed by atoms with Crippen molar-refractivity contribution in [1.29, 1.82) is 0 Å². The summed E-state index contributed by atoms with van der Waals surface area (Å²) in [5.41, 5.74) is 1.53. The molecule has 0 saturated carbocycles. The lowest BCUT2D eigenvalue weighted by molar-refractivity contribution is 0.0526. The van der Waals surface area contributed by atoms with E-state index in [-0.39, 0.29) is 11.9 Å². The van der Waals surface area contributed by atoms with Gasteiger partial charge in [-0.2, -0.15) is 0 Å². The molecular formula is C17H13ClN2O3S. The predicted octanol–water partition coefficient (Wildman–Crippen LogP) is 4.38. The molecule has 0 saturated heterocycles. The second kappa shape index (κ2) is 6.98. The Bertz CT molecular complexity index is 923. The number of nitrogens with zero attached hydrogens (tertiary/aromatic N) is 1. The fraction of sp³-hybridized carbons (Fsp3) is 0.118. The molecule has 2 aromatic carbocycles. The van der Waals surface area contributed by atoms with E-state index in [1.54, 1.807) is 49.4 Å². The first kappa shape index (κ1) is 16.4. The molecule has 122 valence electrons. The molecule has 0 aliphatic heterocycles. The van der Waals surface area contributed by atoms with E-state index in [1.807, 2.05) is 0 Å². The Morgan fingerprint density at radius 2 is 2.04 bits per heavy atom. The van der Waals surface area contributed by atoms with Gasteiger partial charge in [-0.1, -0.05) is 35.1 Å². The number of amides is 1. The molecule has 0 aliphatic rings. The smallest absolute Gasteiger partial charge is 0.338 e. The highest BCUT2D eigenvalue weighted by molar-refractivity contribution is 7.22. The summed E-state index contributed by atoms with van der Waals surface area (Å²) in [6.45, 7) is 2.07. The van der Waals surface area contributed by atoms with Crippen LogP contribution >= 0.6 is 22.9 Å². The Morgan fingerprint density at radius 1 is 1.25 bits per heavy atom. The summed E-state index contributed by atoms with van der Waals surface area (Å²) in [7, 11) is 0. The van der Waals surface area contributed by atoms with Gasteiger partial charge >= 0.3 is 5.97 Å². The van der Waals surface area contributed by atoms with Gasteiger partial charge in [0.05, 0.1) is 33.0 Å². The summed E-state index contributed by atoms with van der Waals surface area (Å²) in [6, 6.07) is 11.9. The van der Waals surface area contributed by atoms with Gasteiger partial charge in [0.2, 0.25) is 0 Å². The van der Waals surface area contributed by atoms with Crippen molar-refractivity contribution in [2.75, 3.05) is 11.9 Å². The van der Waals surface area contributed by atoms with Crippen molar-refractivity contribution in [1.82, 2.24) is 4.98 Å². The largest absolute Gasteiger partial charge is 0.462 e. The van der Waals surface area contributed by atoms with E-state index in [1.165, 1.54) is 11.3 Å². The van der Waals surface area contributed by atoms with Crippen LogP contribution in [0.4, 0.5) is 5.13 Å². The van der Waals surface area contributed by atoms with Crippen molar-refractivity contribution in [3.05, 3.63) is 58.6 Å². The number of thiazole rings is 1. The molecule has 1 N–H and O–H groups in total. The van der Waals surface area contributed by atoms with E-state index in [0.29, 0.717) is 33.4 Å². The molecule has 7 heteroatoms. The molecule has 0 atom stereocenters. The summed E-state index contributed by atoms with van der Waals surface area (Å²) >= 11 is 7.30. The van der Waals surface area contributed by atoms with Crippen molar-refractivity contribution < 1.29 is 14.3 Å². The third-order valence-electron chi connectivity index (χ3n) is 3.24. The van der Waals surface area contributed by atoms with E-state index in [2.05, 4.69) is 10.3 Å². The van der Waals surface area contributed by atoms with Crippen molar-refractivity contribution in [3.8, 4) is 0 Å². The van der Waals surface area contributed by atoms with Gasteiger partial charge in [0, 0.05) is 0 Å². The summed E-state index contributed by atoms with van der Waals surface area (Å²) < 4.78 is 5.77. The number of carbonyl (C=O) groups excluding carboxylic acids is 2. The van der Waals surface area contributed by atoms with E-state index in [9.17, 15) is 9.59 Å². The SMILES string of the molecule is CCOC(=O)c1ccc2nc(NC(=O)c3ccccc3Cl)sc2c1. The quantitative estimate of drug-likeness (QED) is 0.701. The highest BCUT2D eigenvalue weighted by Crippen LogP contribution is 2.28. The molecule has 5 nitrogen and oxygen atoms in total. The van der Waals surface area contributed by atoms with Crippen LogP contribution in [0.3, 0.4) is 0 Å². The first-order valence-electron chi connectivity index (χ1n) is 7.22. The van der Waals surface area contributed by atoms with Crippen molar-refractivity contribution in [3.63, 3.8) is 0 Å². The van der Waals surface area contributed by atoms with E-state index in [4.69, 9.17) is 16.3 Å². The molecule has 3 aromatic rings. The minimum atomic E-state index is -0.380. The van der Waals surface area contributed by atoms with Gasteiger partial charge in [-0.25, -0.2) is 9.78 Å². The number of fused-ring (bicyclic) bond motifs is 1. The number of ether oxygens (including phenoxy) is 1. The summed E-state index contributed by atoms with van der Waals surface area (Å²) in [5.74, 6) is -0.709. The molecule has 0 aliphatic carbocycles. The molecule has 0 radical (unpaired) electrons. The van der Waals surface area contributed by atoms with E-state index < -0.39 is 0 Å². The molecular weight excluding hydrogens is 348 g/mol. The Kier molecular flexibility index (Phi) is 4.78. The average Bonchev–Trinajstić information content (AvgIpc) is 2.96. The first-order valence-corrected chi connectivity index (χ1v) is 8.41. The standard InChI is InChI=1S/C17H13ClN2O3S/c1-2-23-16(22)10-7-8-13-14(9-10)24-17(19-13)20-15(21)11-5-3-4-6-12(11)18/h3-9H,2H2,1H3,(H,19,20,21). The zero-order valence-corrected chi connectivity index (χ0v) is 14.3. The summed E-state index contributed by atoms with van der Waals surface area (Å²) in [5, 5.41) is 3.55. The van der Waals surface area contributed by atoms with E-state index in [0.717, 1.165) is 4.70 Å². The number of hydrogen-bond acceptors (Lipinski definition) is 5.